The number of amides is 2. The molecule has 0 spiro atoms. The van der Waals surface area contributed by atoms with E-state index in [-0.39, 0.29) is 17.0 Å². The van der Waals surface area contributed by atoms with Crippen LogP contribution in [0.2, 0.25) is 0 Å². The molecule has 8 heteroatoms. The Kier molecular flexibility index (Phi) is 8.65. The van der Waals surface area contributed by atoms with Gasteiger partial charge in [0.05, 0.1) is 12.0 Å². The van der Waals surface area contributed by atoms with Crippen molar-refractivity contribution < 1.29 is 18.7 Å². The lowest BCUT2D eigenvalue weighted by Crippen LogP contribution is -2.29. The lowest BCUT2D eigenvalue weighted by Gasteiger charge is -2.12. The SMILES string of the molecule is O=C1S/C(=C/c2cc(I)c(OCc3ccc(F)cc3)c(I)c2)C(=O)N1CCCc1ccccc1. The molecule has 0 radical (unpaired) electrons. The van der Waals surface area contributed by atoms with Gasteiger partial charge in [-0.1, -0.05) is 42.5 Å². The zero-order valence-corrected chi connectivity index (χ0v) is 23.1. The number of hydrogen-bond donors (Lipinski definition) is 0. The molecule has 4 nitrogen and oxygen atoms in total. The predicted octanol–water partition coefficient (Wildman–Crippen LogP) is 7.28. The molecule has 1 aliphatic rings. The Balaban J connectivity index is 1.41. The van der Waals surface area contributed by atoms with Crippen LogP contribution in [0.3, 0.4) is 0 Å². The zero-order valence-electron chi connectivity index (χ0n) is 18.0. The Labute approximate surface area is 229 Å². The first kappa shape index (κ1) is 25.2. The first-order valence-electron chi connectivity index (χ1n) is 10.6. The van der Waals surface area contributed by atoms with Crippen LogP contribution < -0.4 is 4.74 Å². The third-order valence-corrected chi connectivity index (χ3v) is 7.69. The fourth-order valence-electron chi connectivity index (χ4n) is 3.47. The quantitative estimate of drug-likeness (QED) is 0.183. The molecule has 3 aromatic carbocycles. The van der Waals surface area contributed by atoms with Gasteiger partial charge in [-0.3, -0.25) is 14.5 Å². The zero-order chi connectivity index (χ0) is 24.1. The number of imide groups is 1. The van der Waals surface area contributed by atoms with Crippen molar-refractivity contribution in [1.82, 2.24) is 4.90 Å². The number of thioether (sulfide) groups is 1. The molecule has 0 aliphatic carbocycles. The van der Waals surface area contributed by atoms with Crippen molar-refractivity contribution in [2.45, 2.75) is 19.4 Å². The van der Waals surface area contributed by atoms with Crippen molar-refractivity contribution in [2.24, 2.45) is 0 Å². The normalized spacial score (nSPS) is 14.8. The van der Waals surface area contributed by atoms with Gasteiger partial charge in [-0.05, 0) is 117 Å². The van der Waals surface area contributed by atoms with Gasteiger partial charge in [-0.25, -0.2) is 4.39 Å². The minimum absolute atomic E-state index is 0.229. The molecule has 0 saturated carbocycles. The van der Waals surface area contributed by atoms with Gasteiger partial charge in [0.2, 0.25) is 0 Å². The largest absolute Gasteiger partial charge is 0.487 e. The number of ether oxygens (including phenoxy) is 1. The highest BCUT2D eigenvalue weighted by Gasteiger charge is 2.34. The fraction of sp³-hybridized carbons (Fsp3) is 0.154. The van der Waals surface area contributed by atoms with E-state index in [2.05, 4.69) is 45.2 Å². The molecule has 1 aliphatic heterocycles. The molecule has 0 N–H and O–H groups in total. The first-order valence-corrected chi connectivity index (χ1v) is 13.5. The van der Waals surface area contributed by atoms with E-state index in [1.807, 2.05) is 42.5 Å². The highest BCUT2D eigenvalue weighted by Crippen LogP contribution is 2.35. The van der Waals surface area contributed by atoms with E-state index in [4.69, 9.17) is 4.74 Å². The van der Waals surface area contributed by atoms with E-state index < -0.39 is 0 Å². The summed E-state index contributed by atoms with van der Waals surface area (Å²) in [6.07, 6.45) is 3.30. The molecule has 0 atom stereocenters. The standard InChI is InChI=1S/C26H20FI2NO3S/c27-20-10-8-18(9-11-20)16-33-24-21(28)13-19(14-22(24)29)15-23-25(31)30(26(32)34-23)12-4-7-17-5-2-1-3-6-17/h1-3,5-6,8-11,13-15H,4,7,12,16H2/b23-15+. The Morgan fingerprint density at radius 1 is 0.941 bits per heavy atom. The monoisotopic (exact) mass is 699 g/mol. The van der Waals surface area contributed by atoms with Crippen LogP contribution in [0.1, 0.15) is 23.1 Å². The molecule has 0 bridgehead atoms. The average molecular weight is 699 g/mol. The maximum Gasteiger partial charge on any atom is 0.293 e. The summed E-state index contributed by atoms with van der Waals surface area (Å²) in [6, 6.07) is 20.1. The maximum atomic E-state index is 13.1. The number of hydrogen-bond acceptors (Lipinski definition) is 4. The van der Waals surface area contributed by atoms with Gasteiger partial charge < -0.3 is 4.74 Å². The smallest absolute Gasteiger partial charge is 0.293 e. The van der Waals surface area contributed by atoms with E-state index in [0.717, 1.165) is 48.6 Å². The molecule has 0 unspecified atom stereocenters. The van der Waals surface area contributed by atoms with Gasteiger partial charge in [0, 0.05) is 6.54 Å². The van der Waals surface area contributed by atoms with Gasteiger partial charge in [0.1, 0.15) is 18.2 Å². The van der Waals surface area contributed by atoms with Gasteiger partial charge in [-0.2, -0.15) is 0 Å². The van der Waals surface area contributed by atoms with Gasteiger partial charge in [0.25, 0.3) is 11.1 Å². The molecule has 2 amide bonds. The van der Waals surface area contributed by atoms with Crippen LogP contribution >= 0.6 is 56.9 Å². The number of carbonyl (C=O) groups is 2. The van der Waals surface area contributed by atoms with E-state index in [1.54, 1.807) is 18.2 Å². The Bertz CT molecular complexity index is 1210. The summed E-state index contributed by atoms with van der Waals surface area (Å²) in [5, 5.41) is -0.229. The number of halogens is 3. The second-order valence-corrected chi connectivity index (χ2v) is 11.0. The van der Waals surface area contributed by atoms with Crippen molar-refractivity contribution in [3.8, 4) is 5.75 Å². The summed E-state index contributed by atoms with van der Waals surface area (Å²) in [7, 11) is 0. The lowest BCUT2D eigenvalue weighted by atomic mass is 10.1. The third-order valence-electron chi connectivity index (χ3n) is 5.18. The molecule has 3 aromatic rings. The second-order valence-electron chi connectivity index (χ2n) is 7.65. The number of aryl methyl sites for hydroxylation is 1. The van der Waals surface area contributed by atoms with Crippen LogP contribution in [-0.2, 0) is 17.8 Å². The van der Waals surface area contributed by atoms with Crippen molar-refractivity contribution in [3.63, 3.8) is 0 Å². The van der Waals surface area contributed by atoms with Crippen molar-refractivity contribution >= 4 is 74.2 Å². The van der Waals surface area contributed by atoms with Gasteiger partial charge in [0.15, 0.2) is 0 Å². The van der Waals surface area contributed by atoms with Crippen LogP contribution in [0.25, 0.3) is 6.08 Å². The molecular weight excluding hydrogens is 679 g/mol. The van der Waals surface area contributed by atoms with Crippen LogP contribution in [0.5, 0.6) is 5.75 Å². The number of carbonyl (C=O) groups excluding carboxylic acids is 2. The maximum absolute atomic E-state index is 13.1. The van der Waals surface area contributed by atoms with Crippen molar-refractivity contribution in [2.75, 3.05) is 6.54 Å². The summed E-state index contributed by atoms with van der Waals surface area (Å²) < 4.78 is 20.8. The molecule has 0 aromatic heterocycles. The van der Waals surface area contributed by atoms with Crippen LogP contribution in [-0.4, -0.2) is 22.6 Å². The molecule has 1 saturated heterocycles. The second kappa shape index (κ2) is 11.7. The fourth-order valence-corrected chi connectivity index (χ4v) is 6.46. The summed E-state index contributed by atoms with van der Waals surface area (Å²) in [5.74, 6) is 0.208. The van der Waals surface area contributed by atoms with Crippen LogP contribution in [0.15, 0.2) is 71.6 Å². The number of rotatable bonds is 8. The lowest BCUT2D eigenvalue weighted by molar-refractivity contribution is -0.122. The Hall–Kier alpha value is -1.92. The Morgan fingerprint density at radius 3 is 2.29 bits per heavy atom. The van der Waals surface area contributed by atoms with Crippen LogP contribution in [0.4, 0.5) is 9.18 Å². The van der Waals surface area contributed by atoms with E-state index in [9.17, 15) is 14.0 Å². The number of nitrogens with zero attached hydrogens (tertiary/aromatic N) is 1. The minimum Gasteiger partial charge on any atom is -0.487 e. The molecular formula is C26H20FI2NO3S. The van der Waals surface area contributed by atoms with E-state index in [1.165, 1.54) is 22.6 Å². The first-order chi connectivity index (χ1) is 16.4. The molecule has 1 fully saturated rings. The highest BCUT2D eigenvalue weighted by atomic mass is 127. The molecule has 4 rings (SSSR count). The minimum atomic E-state index is -0.280. The van der Waals surface area contributed by atoms with E-state index in [0.29, 0.717) is 18.1 Å². The number of benzene rings is 3. The molecule has 1 heterocycles. The summed E-state index contributed by atoms with van der Waals surface area (Å²) in [6.45, 7) is 0.732. The molecule has 34 heavy (non-hydrogen) atoms. The molecule has 174 valence electrons. The summed E-state index contributed by atoms with van der Waals surface area (Å²) in [4.78, 5) is 27.0. The third kappa shape index (κ3) is 6.39. The van der Waals surface area contributed by atoms with Crippen molar-refractivity contribution in [1.29, 1.82) is 0 Å². The Morgan fingerprint density at radius 2 is 1.62 bits per heavy atom. The van der Waals surface area contributed by atoms with Crippen LogP contribution in [0, 0.1) is 13.0 Å². The van der Waals surface area contributed by atoms with Crippen molar-refractivity contribution in [3.05, 3.63) is 101 Å². The summed E-state index contributed by atoms with van der Waals surface area (Å²) in [5.41, 5.74) is 2.90. The average Bonchev–Trinajstić information content (AvgIpc) is 3.07. The van der Waals surface area contributed by atoms with E-state index >= 15 is 0 Å². The topological polar surface area (TPSA) is 46.6 Å². The van der Waals surface area contributed by atoms with Gasteiger partial charge >= 0.3 is 0 Å². The summed E-state index contributed by atoms with van der Waals surface area (Å²) >= 11 is 5.37. The van der Waals surface area contributed by atoms with Gasteiger partial charge in [-0.15, -0.1) is 0 Å². The predicted molar refractivity (Wildman–Crippen MR) is 150 cm³/mol. The highest BCUT2D eigenvalue weighted by molar-refractivity contribution is 14.1.